The maximum absolute atomic E-state index is 13.0. The second-order valence-corrected chi connectivity index (χ2v) is 17.0. The lowest BCUT2D eigenvalue weighted by molar-refractivity contribution is -0.149. The van der Waals surface area contributed by atoms with E-state index in [4.69, 9.17) is 9.47 Å². The number of carbonyl (C=O) groups excluding carboxylic acids is 2. The first-order valence-corrected chi connectivity index (χ1v) is 18.6. The predicted octanol–water partition coefficient (Wildman–Crippen LogP) is 10.3. The maximum atomic E-state index is 13.0. The summed E-state index contributed by atoms with van der Waals surface area (Å²) in [7, 11) is 0. The van der Waals surface area contributed by atoms with Crippen molar-refractivity contribution in [3.63, 3.8) is 0 Å². The monoisotopic (exact) mass is 624 g/mol. The number of esters is 2. The molecule has 4 heteroatoms. The summed E-state index contributed by atoms with van der Waals surface area (Å²) in [4.78, 5) is 25.9. The number of hydrogen-bond acceptors (Lipinski definition) is 4. The lowest BCUT2D eigenvalue weighted by Gasteiger charge is -2.62. The summed E-state index contributed by atoms with van der Waals surface area (Å²) < 4.78 is 12.4. The molecule has 2 aromatic carbocycles. The Morgan fingerprint density at radius 2 is 1.37 bits per heavy atom. The Kier molecular flexibility index (Phi) is 8.64. The average molecular weight is 625 g/mol. The van der Waals surface area contributed by atoms with E-state index < -0.39 is 0 Å². The van der Waals surface area contributed by atoms with Gasteiger partial charge in [0.25, 0.3) is 0 Å². The molecule has 2 aromatic rings. The third-order valence-electron chi connectivity index (χ3n) is 14.4. The molecule has 0 saturated heterocycles. The Hall–Kier alpha value is -2.62. The number of benzene rings is 2. The fraction of sp³-hybridized carbons (Fsp3) is 0.667. The molecule has 5 saturated carbocycles. The lowest BCUT2D eigenvalue weighted by atomic mass is 9.43. The number of carbonyl (C=O) groups is 2. The Labute approximate surface area is 277 Å². The van der Waals surface area contributed by atoms with Gasteiger partial charge in [0, 0.05) is 0 Å². The summed E-state index contributed by atoms with van der Waals surface area (Å²) in [6, 6.07) is 19.0. The molecule has 10 atom stereocenters. The predicted molar refractivity (Wildman–Crippen MR) is 182 cm³/mol. The van der Waals surface area contributed by atoms with Gasteiger partial charge in [-0.1, -0.05) is 57.2 Å². The molecule has 0 unspecified atom stereocenters. The quantitative estimate of drug-likeness (QED) is 0.261. The molecular formula is C42H56O4. The molecule has 4 nitrogen and oxygen atoms in total. The summed E-state index contributed by atoms with van der Waals surface area (Å²) in [5.41, 5.74) is 1.74. The number of fused-ring (bicyclic) bond motifs is 5. The largest absolute Gasteiger partial charge is 0.458 e. The second-order valence-electron chi connectivity index (χ2n) is 17.0. The molecule has 5 aliphatic carbocycles. The molecule has 0 aliphatic heterocycles. The number of rotatable bonds is 9. The Morgan fingerprint density at radius 3 is 2.04 bits per heavy atom. The summed E-state index contributed by atoms with van der Waals surface area (Å²) >= 11 is 0. The van der Waals surface area contributed by atoms with Crippen LogP contribution in [-0.4, -0.2) is 23.6 Å². The van der Waals surface area contributed by atoms with Crippen molar-refractivity contribution in [2.24, 2.45) is 52.3 Å². The van der Waals surface area contributed by atoms with Crippen LogP contribution in [0, 0.1) is 52.3 Å². The third kappa shape index (κ3) is 5.96. The highest BCUT2D eigenvalue weighted by Crippen LogP contribution is 2.69. The lowest BCUT2D eigenvalue weighted by Crippen LogP contribution is -2.56. The van der Waals surface area contributed by atoms with Crippen LogP contribution in [0.4, 0.5) is 0 Å². The molecular weight excluding hydrogens is 568 g/mol. The van der Waals surface area contributed by atoms with Gasteiger partial charge in [-0.2, -0.15) is 0 Å². The van der Waals surface area contributed by atoms with Crippen LogP contribution in [0.1, 0.15) is 132 Å². The van der Waals surface area contributed by atoms with E-state index in [0.717, 1.165) is 49.4 Å². The van der Waals surface area contributed by atoms with Gasteiger partial charge in [0.2, 0.25) is 0 Å². The zero-order chi connectivity index (χ0) is 32.1. The van der Waals surface area contributed by atoms with Crippen LogP contribution < -0.4 is 0 Å². The van der Waals surface area contributed by atoms with E-state index in [-0.39, 0.29) is 23.6 Å². The van der Waals surface area contributed by atoms with Crippen molar-refractivity contribution in [1.29, 1.82) is 0 Å². The van der Waals surface area contributed by atoms with Crippen molar-refractivity contribution in [3.8, 4) is 0 Å². The molecule has 7 rings (SSSR count). The maximum Gasteiger partial charge on any atom is 0.338 e. The first kappa shape index (κ1) is 32.0. The van der Waals surface area contributed by atoms with E-state index in [2.05, 4.69) is 27.7 Å². The summed E-state index contributed by atoms with van der Waals surface area (Å²) in [6.45, 7) is 9.96. The molecule has 0 aromatic heterocycles. The van der Waals surface area contributed by atoms with Gasteiger partial charge in [-0.25, -0.2) is 9.59 Å². The fourth-order valence-corrected chi connectivity index (χ4v) is 11.6. The Balaban J connectivity index is 0.973. The van der Waals surface area contributed by atoms with Crippen LogP contribution in [-0.2, 0) is 9.47 Å². The summed E-state index contributed by atoms with van der Waals surface area (Å²) in [5, 5.41) is 0. The highest BCUT2D eigenvalue weighted by molar-refractivity contribution is 5.90. The van der Waals surface area contributed by atoms with Crippen LogP contribution in [0.15, 0.2) is 60.7 Å². The Morgan fingerprint density at radius 1 is 0.717 bits per heavy atom. The first-order chi connectivity index (χ1) is 22.1. The molecule has 5 aliphatic rings. The molecule has 0 N–H and O–H groups in total. The van der Waals surface area contributed by atoms with Gasteiger partial charge in [0.1, 0.15) is 11.7 Å². The van der Waals surface area contributed by atoms with Gasteiger partial charge in [0.15, 0.2) is 0 Å². The fourth-order valence-electron chi connectivity index (χ4n) is 11.6. The molecule has 0 radical (unpaired) electrons. The van der Waals surface area contributed by atoms with Crippen LogP contribution in [0.2, 0.25) is 0 Å². The molecule has 5 fully saturated rings. The minimum Gasteiger partial charge on any atom is -0.458 e. The highest BCUT2D eigenvalue weighted by Gasteiger charge is 2.61. The van der Waals surface area contributed by atoms with Crippen LogP contribution in [0.5, 0.6) is 0 Å². The molecule has 0 amide bonds. The molecule has 46 heavy (non-hydrogen) atoms. The minimum atomic E-state index is -0.366. The van der Waals surface area contributed by atoms with Crippen molar-refractivity contribution in [2.75, 3.05) is 0 Å². The van der Waals surface area contributed by atoms with E-state index >= 15 is 0 Å². The zero-order valence-corrected chi connectivity index (χ0v) is 28.7. The van der Waals surface area contributed by atoms with E-state index in [1.165, 1.54) is 57.8 Å². The van der Waals surface area contributed by atoms with Gasteiger partial charge in [-0.05, 0) is 167 Å². The summed E-state index contributed by atoms with van der Waals surface area (Å²) in [6.07, 6.45) is 15.8. The van der Waals surface area contributed by atoms with Crippen molar-refractivity contribution < 1.29 is 19.1 Å². The second kappa shape index (κ2) is 12.4. The van der Waals surface area contributed by atoms with E-state index in [0.29, 0.717) is 39.7 Å². The number of ether oxygens (including phenoxy) is 2. The number of hydrogen-bond donors (Lipinski definition) is 0. The van der Waals surface area contributed by atoms with Crippen molar-refractivity contribution in [3.05, 3.63) is 71.8 Å². The smallest absolute Gasteiger partial charge is 0.338 e. The normalized spacial score (nSPS) is 38.0. The van der Waals surface area contributed by atoms with E-state index in [1.54, 1.807) is 0 Å². The first-order valence-electron chi connectivity index (χ1n) is 18.6. The third-order valence-corrected chi connectivity index (χ3v) is 14.4. The standard InChI is InChI=1S/C42H56O4/c1-28(15-22-37(29-16-17-29)45-38(43)30-11-7-5-8-12-30)34-20-21-35-33-19-18-32-27-40(2,46-39(44)31-13-9-6-10-14-31)25-26-41(32,3)36(33)23-24-42(34,35)4/h5-14,28-29,32-37H,15-27H2,1-4H3/t28-,32+,33+,34-,35+,36+,37-,40+,41+,42-/m1/s1. The van der Waals surface area contributed by atoms with E-state index in [1.807, 2.05) is 60.7 Å². The van der Waals surface area contributed by atoms with Gasteiger partial charge < -0.3 is 9.47 Å². The minimum absolute atomic E-state index is 0.0649. The van der Waals surface area contributed by atoms with Crippen LogP contribution >= 0.6 is 0 Å². The topological polar surface area (TPSA) is 52.6 Å². The van der Waals surface area contributed by atoms with Crippen LogP contribution in [0.3, 0.4) is 0 Å². The Bertz CT molecular complexity index is 1380. The SMILES string of the molecule is C[C@H](CC[C@@H](OC(=O)c1ccccc1)C1CC1)[C@H]1CC[C@H]2[C@@H]3CC[C@H]4C[C@@](C)(OC(=O)c5ccccc5)CC[C@]4(C)[C@H]3CC[C@]12C. The molecule has 0 bridgehead atoms. The van der Waals surface area contributed by atoms with Crippen LogP contribution in [0.25, 0.3) is 0 Å². The average Bonchev–Trinajstić information content (AvgIpc) is 3.84. The summed E-state index contributed by atoms with van der Waals surface area (Å²) in [5.74, 6) is 4.74. The van der Waals surface area contributed by atoms with Gasteiger partial charge in [-0.15, -0.1) is 0 Å². The highest BCUT2D eigenvalue weighted by atomic mass is 16.6. The van der Waals surface area contributed by atoms with Gasteiger partial charge in [0.05, 0.1) is 11.1 Å². The van der Waals surface area contributed by atoms with Crippen molar-refractivity contribution >= 4 is 11.9 Å². The van der Waals surface area contributed by atoms with Gasteiger partial charge >= 0.3 is 11.9 Å². The molecule has 248 valence electrons. The molecule has 0 heterocycles. The zero-order valence-electron chi connectivity index (χ0n) is 28.7. The molecule has 0 spiro atoms. The van der Waals surface area contributed by atoms with Crippen molar-refractivity contribution in [2.45, 2.75) is 123 Å². The van der Waals surface area contributed by atoms with E-state index in [9.17, 15) is 9.59 Å². The van der Waals surface area contributed by atoms with Gasteiger partial charge in [-0.3, -0.25) is 0 Å². The van der Waals surface area contributed by atoms with Crippen molar-refractivity contribution in [1.82, 2.24) is 0 Å².